The van der Waals surface area contributed by atoms with Gasteiger partial charge in [-0.15, -0.1) is 0 Å². The number of rotatable bonds is 3. The van der Waals surface area contributed by atoms with Crippen molar-refractivity contribution < 1.29 is 4.74 Å². The van der Waals surface area contributed by atoms with E-state index in [2.05, 4.69) is 11.4 Å². The first-order valence-corrected chi connectivity index (χ1v) is 6.65. The van der Waals surface area contributed by atoms with Crippen molar-refractivity contribution in [3.8, 4) is 5.75 Å². The van der Waals surface area contributed by atoms with Gasteiger partial charge in [0.1, 0.15) is 5.75 Å². The van der Waals surface area contributed by atoms with Crippen molar-refractivity contribution in [2.24, 2.45) is 0 Å². The largest absolute Gasteiger partial charge is 0.497 e. The van der Waals surface area contributed by atoms with E-state index in [-0.39, 0.29) is 0 Å². The number of methoxy groups -OCH3 is 1. The Labute approximate surface area is 108 Å². The van der Waals surface area contributed by atoms with Crippen molar-refractivity contribution >= 4 is 11.6 Å². The Morgan fingerprint density at radius 3 is 2.88 bits per heavy atom. The van der Waals surface area contributed by atoms with Gasteiger partial charge in [-0.3, -0.25) is 0 Å². The Kier molecular flexibility index (Phi) is 4.30. The summed E-state index contributed by atoms with van der Waals surface area (Å²) in [5, 5.41) is 4.44. The van der Waals surface area contributed by atoms with Crippen molar-refractivity contribution in [3.63, 3.8) is 0 Å². The number of aryl methyl sites for hydroxylation is 1. The molecule has 1 saturated heterocycles. The van der Waals surface area contributed by atoms with Crippen molar-refractivity contribution in [2.75, 3.05) is 13.7 Å². The van der Waals surface area contributed by atoms with Crippen LogP contribution in [-0.2, 0) is 6.42 Å². The lowest BCUT2D eigenvalue weighted by molar-refractivity contribution is 0.396. The summed E-state index contributed by atoms with van der Waals surface area (Å²) in [4.78, 5) is 0. The van der Waals surface area contributed by atoms with Gasteiger partial charge in [-0.2, -0.15) is 0 Å². The van der Waals surface area contributed by atoms with Crippen LogP contribution in [0.4, 0.5) is 0 Å². The van der Waals surface area contributed by atoms with E-state index in [0.717, 1.165) is 29.3 Å². The molecule has 1 aliphatic heterocycles. The van der Waals surface area contributed by atoms with Gasteiger partial charge in [-0.1, -0.05) is 18.0 Å². The zero-order valence-electron chi connectivity index (χ0n) is 10.6. The summed E-state index contributed by atoms with van der Waals surface area (Å²) in [6, 6.07) is 4.61. The van der Waals surface area contributed by atoms with Crippen LogP contribution in [0.5, 0.6) is 5.75 Å². The van der Waals surface area contributed by atoms with Crippen molar-refractivity contribution in [3.05, 3.63) is 28.3 Å². The first-order chi connectivity index (χ1) is 8.20. The highest BCUT2D eigenvalue weighted by Crippen LogP contribution is 2.28. The lowest BCUT2D eigenvalue weighted by Crippen LogP contribution is -2.35. The number of benzene rings is 1. The van der Waals surface area contributed by atoms with Crippen LogP contribution in [0, 0.1) is 6.92 Å². The van der Waals surface area contributed by atoms with E-state index in [9.17, 15) is 0 Å². The fraction of sp³-hybridized carbons (Fsp3) is 0.571. The van der Waals surface area contributed by atoms with Crippen LogP contribution in [0.25, 0.3) is 0 Å². The Morgan fingerprint density at radius 1 is 1.41 bits per heavy atom. The Hall–Kier alpha value is -0.730. The van der Waals surface area contributed by atoms with Crippen molar-refractivity contribution in [1.29, 1.82) is 0 Å². The van der Waals surface area contributed by atoms with E-state index in [1.165, 1.54) is 24.8 Å². The van der Waals surface area contributed by atoms with Gasteiger partial charge >= 0.3 is 0 Å². The molecule has 17 heavy (non-hydrogen) atoms. The molecule has 1 unspecified atom stereocenters. The summed E-state index contributed by atoms with van der Waals surface area (Å²) < 4.78 is 5.30. The SMILES string of the molecule is COc1cc(C)c(Cl)c(CC2CCCCN2)c1. The van der Waals surface area contributed by atoms with Gasteiger partial charge in [0.25, 0.3) is 0 Å². The normalized spacial score (nSPS) is 20.3. The van der Waals surface area contributed by atoms with Gasteiger partial charge in [-0.25, -0.2) is 0 Å². The smallest absolute Gasteiger partial charge is 0.119 e. The van der Waals surface area contributed by atoms with Gasteiger partial charge < -0.3 is 10.1 Å². The van der Waals surface area contributed by atoms with Gasteiger partial charge in [0, 0.05) is 11.1 Å². The molecular weight excluding hydrogens is 234 g/mol. The number of hydrogen-bond donors (Lipinski definition) is 1. The average molecular weight is 254 g/mol. The number of halogens is 1. The molecule has 0 spiro atoms. The third-order valence-electron chi connectivity index (χ3n) is 3.42. The molecule has 0 amide bonds. The van der Waals surface area contributed by atoms with Crippen molar-refractivity contribution in [2.45, 2.75) is 38.6 Å². The zero-order chi connectivity index (χ0) is 12.3. The summed E-state index contributed by atoms with van der Waals surface area (Å²) in [6.07, 6.45) is 4.85. The molecule has 1 N–H and O–H groups in total. The van der Waals surface area contributed by atoms with Crippen LogP contribution in [0.3, 0.4) is 0 Å². The van der Waals surface area contributed by atoms with E-state index in [4.69, 9.17) is 16.3 Å². The maximum absolute atomic E-state index is 6.36. The maximum Gasteiger partial charge on any atom is 0.119 e. The molecule has 1 atom stereocenters. The third kappa shape index (κ3) is 3.14. The minimum Gasteiger partial charge on any atom is -0.497 e. The predicted octanol–water partition coefficient (Wildman–Crippen LogP) is 3.34. The van der Waals surface area contributed by atoms with E-state index in [1.807, 2.05) is 13.0 Å². The van der Waals surface area contributed by atoms with E-state index in [1.54, 1.807) is 7.11 Å². The fourth-order valence-corrected chi connectivity index (χ4v) is 2.62. The Morgan fingerprint density at radius 2 is 2.24 bits per heavy atom. The second-order valence-corrected chi connectivity index (χ2v) is 5.15. The monoisotopic (exact) mass is 253 g/mol. The molecule has 2 rings (SSSR count). The van der Waals surface area contributed by atoms with Crippen LogP contribution in [0.2, 0.25) is 5.02 Å². The Bertz CT molecular complexity index is 386. The van der Waals surface area contributed by atoms with Gasteiger partial charge in [0.2, 0.25) is 0 Å². The summed E-state index contributed by atoms with van der Waals surface area (Å²) in [6.45, 7) is 3.16. The van der Waals surface area contributed by atoms with Crippen LogP contribution in [0.1, 0.15) is 30.4 Å². The molecule has 1 aliphatic rings. The minimum absolute atomic E-state index is 0.563. The minimum atomic E-state index is 0.563. The quantitative estimate of drug-likeness (QED) is 0.892. The molecule has 0 aromatic heterocycles. The van der Waals surface area contributed by atoms with Crippen LogP contribution in [0.15, 0.2) is 12.1 Å². The molecule has 0 saturated carbocycles. The van der Waals surface area contributed by atoms with Crippen LogP contribution in [-0.4, -0.2) is 19.7 Å². The Balaban J connectivity index is 2.15. The van der Waals surface area contributed by atoms with Crippen LogP contribution >= 0.6 is 11.6 Å². The van der Waals surface area contributed by atoms with Crippen LogP contribution < -0.4 is 10.1 Å². The summed E-state index contributed by atoms with van der Waals surface area (Å²) in [5.41, 5.74) is 2.29. The average Bonchev–Trinajstić information content (AvgIpc) is 2.36. The molecule has 1 aromatic rings. The molecule has 1 aromatic carbocycles. The first kappa shape index (κ1) is 12.7. The summed E-state index contributed by atoms with van der Waals surface area (Å²) >= 11 is 6.36. The number of ether oxygens (including phenoxy) is 1. The molecular formula is C14H20ClNO. The highest BCUT2D eigenvalue weighted by molar-refractivity contribution is 6.32. The maximum atomic E-state index is 6.36. The first-order valence-electron chi connectivity index (χ1n) is 6.27. The molecule has 2 nitrogen and oxygen atoms in total. The van der Waals surface area contributed by atoms with E-state index >= 15 is 0 Å². The lowest BCUT2D eigenvalue weighted by Gasteiger charge is -2.24. The van der Waals surface area contributed by atoms with Gasteiger partial charge in [-0.05, 0) is 56.0 Å². The second-order valence-electron chi connectivity index (χ2n) is 4.77. The molecule has 94 valence electrons. The molecule has 3 heteroatoms. The zero-order valence-corrected chi connectivity index (χ0v) is 11.3. The van der Waals surface area contributed by atoms with Crippen molar-refractivity contribution in [1.82, 2.24) is 5.32 Å². The summed E-state index contributed by atoms with van der Waals surface area (Å²) in [5.74, 6) is 0.901. The highest BCUT2D eigenvalue weighted by Gasteiger charge is 2.16. The molecule has 1 heterocycles. The van der Waals surface area contributed by atoms with E-state index in [0.29, 0.717) is 6.04 Å². The third-order valence-corrected chi connectivity index (χ3v) is 3.96. The highest BCUT2D eigenvalue weighted by atomic mass is 35.5. The molecule has 1 fully saturated rings. The topological polar surface area (TPSA) is 21.3 Å². The second kappa shape index (κ2) is 5.74. The number of nitrogens with one attached hydrogen (secondary N) is 1. The van der Waals surface area contributed by atoms with E-state index < -0.39 is 0 Å². The van der Waals surface area contributed by atoms with Gasteiger partial charge in [0.05, 0.1) is 7.11 Å². The molecule has 0 radical (unpaired) electrons. The molecule has 0 bridgehead atoms. The summed E-state index contributed by atoms with van der Waals surface area (Å²) in [7, 11) is 1.70. The number of piperidine rings is 1. The predicted molar refractivity (Wildman–Crippen MR) is 72.1 cm³/mol. The lowest BCUT2D eigenvalue weighted by atomic mass is 9.96. The fourth-order valence-electron chi connectivity index (χ4n) is 2.44. The number of hydrogen-bond acceptors (Lipinski definition) is 2. The standard InChI is InChI=1S/C14H20ClNO/c1-10-7-13(17-2)9-11(14(10)15)8-12-5-3-4-6-16-12/h7,9,12,16H,3-6,8H2,1-2H3. The van der Waals surface area contributed by atoms with Gasteiger partial charge in [0.15, 0.2) is 0 Å². The molecule has 0 aliphatic carbocycles.